The van der Waals surface area contributed by atoms with Crippen LogP contribution in [-0.4, -0.2) is 40.1 Å². The summed E-state index contributed by atoms with van der Waals surface area (Å²) in [6.45, 7) is 6.41. The molecule has 1 aliphatic rings. The smallest absolute Gasteiger partial charge is 0.271 e. The van der Waals surface area contributed by atoms with Gasteiger partial charge in [-0.05, 0) is 67.8 Å². The van der Waals surface area contributed by atoms with E-state index in [9.17, 15) is 14.9 Å². The van der Waals surface area contributed by atoms with Crippen LogP contribution in [0.25, 0.3) is 23.0 Å². The molecule has 2 amide bonds. The summed E-state index contributed by atoms with van der Waals surface area (Å²) >= 11 is 0. The van der Waals surface area contributed by atoms with Crippen LogP contribution in [0.4, 0.5) is 0 Å². The number of nitriles is 1. The SMILES string of the molecule is CCCCOc1ccc(-c2nn(-c3ccccc3)cc2/C=C2/C(=O)N(C)C(=O)C(C#N)=C2C)c(C)c1. The number of ether oxygens (including phenoxy) is 1. The zero-order chi connectivity index (χ0) is 25.8. The van der Waals surface area contributed by atoms with Crippen molar-refractivity contribution < 1.29 is 14.3 Å². The number of hydrogen-bond donors (Lipinski definition) is 0. The Balaban J connectivity index is 1.86. The number of aryl methyl sites for hydroxylation is 1. The molecule has 36 heavy (non-hydrogen) atoms. The van der Waals surface area contributed by atoms with E-state index < -0.39 is 11.8 Å². The van der Waals surface area contributed by atoms with Gasteiger partial charge in [-0.3, -0.25) is 14.5 Å². The number of carbonyl (C=O) groups excluding carboxylic acids is 2. The zero-order valence-electron chi connectivity index (χ0n) is 20.9. The van der Waals surface area contributed by atoms with Crippen molar-refractivity contribution in [1.29, 1.82) is 5.26 Å². The normalized spacial score (nSPS) is 15.0. The van der Waals surface area contributed by atoms with Crippen LogP contribution in [-0.2, 0) is 9.59 Å². The highest BCUT2D eigenvalue weighted by atomic mass is 16.5. The summed E-state index contributed by atoms with van der Waals surface area (Å²) in [6, 6.07) is 17.5. The fourth-order valence-corrected chi connectivity index (χ4v) is 4.09. The molecule has 2 aromatic carbocycles. The van der Waals surface area contributed by atoms with Crippen LogP contribution in [0.2, 0.25) is 0 Å². The number of aromatic nitrogens is 2. The summed E-state index contributed by atoms with van der Waals surface area (Å²) in [5.74, 6) is -0.245. The lowest BCUT2D eigenvalue weighted by atomic mass is 9.93. The average molecular weight is 481 g/mol. The predicted molar refractivity (Wildman–Crippen MR) is 138 cm³/mol. The second kappa shape index (κ2) is 10.4. The van der Waals surface area contributed by atoms with Crippen molar-refractivity contribution in [2.24, 2.45) is 0 Å². The third-order valence-electron chi connectivity index (χ3n) is 6.23. The highest BCUT2D eigenvalue weighted by Gasteiger charge is 2.33. The van der Waals surface area contributed by atoms with E-state index >= 15 is 0 Å². The van der Waals surface area contributed by atoms with E-state index in [2.05, 4.69) is 6.92 Å². The van der Waals surface area contributed by atoms with Gasteiger partial charge in [0, 0.05) is 29.9 Å². The summed E-state index contributed by atoms with van der Waals surface area (Å²) in [6.07, 6.45) is 5.62. The highest BCUT2D eigenvalue weighted by Crippen LogP contribution is 2.33. The molecule has 7 heteroatoms. The predicted octanol–water partition coefficient (Wildman–Crippen LogP) is 5.25. The van der Waals surface area contributed by atoms with Gasteiger partial charge in [-0.15, -0.1) is 0 Å². The van der Waals surface area contributed by atoms with E-state index in [4.69, 9.17) is 9.84 Å². The lowest BCUT2D eigenvalue weighted by molar-refractivity contribution is -0.138. The van der Waals surface area contributed by atoms with Gasteiger partial charge in [0.1, 0.15) is 23.1 Å². The van der Waals surface area contributed by atoms with Gasteiger partial charge in [-0.2, -0.15) is 10.4 Å². The van der Waals surface area contributed by atoms with Gasteiger partial charge in [-0.1, -0.05) is 31.5 Å². The number of amides is 2. The number of nitrogens with zero attached hydrogens (tertiary/aromatic N) is 4. The molecule has 0 radical (unpaired) electrons. The molecule has 3 aromatic rings. The third kappa shape index (κ3) is 4.71. The zero-order valence-corrected chi connectivity index (χ0v) is 20.9. The van der Waals surface area contributed by atoms with Gasteiger partial charge >= 0.3 is 0 Å². The van der Waals surface area contributed by atoms with E-state index in [0.29, 0.717) is 29.0 Å². The Hall–Kier alpha value is -4.44. The molecule has 0 fully saturated rings. The van der Waals surface area contributed by atoms with E-state index in [1.165, 1.54) is 7.05 Å². The standard InChI is InChI=1S/C29H28N4O3/c1-5-6-14-36-23-12-13-24(19(2)15-23)27-21(18-33(31-27)22-10-8-7-9-11-22)16-25-20(3)26(17-30)29(35)32(4)28(25)34/h7-13,15-16,18H,5-6,14H2,1-4H3/b25-16+. The monoisotopic (exact) mass is 480 g/mol. The highest BCUT2D eigenvalue weighted by molar-refractivity contribution is 6.19. The molecular weight excluding hydrogens is 452 g/mol. The molecule has 0 spiro atoms. The largest absolute Gasteiger partial charge is 0.494 e. The lowest BCUT2D eigenvalue weighted by Crippen LogP contribution is -2.39. The topological polar surface area (TPSA) is 88.2 Å². The minimum atomic E-state index is -0.591. The second-order valence-corrected chi connectivity index (χ2v) is 8.73. The van der Waals surface area contributed by atoms with Crippen LogP contribution in [0.1, 0.15) is 37.8 Å². The minimum Gasteiger partial charge on any atom is -0.494 e. The molecule has 7 nitrogen and oxygen atoms in total. The number of benzene rings is 2. The Morgan fingerprint density at radius 2 is 1.83 bits per heavy atom. The summed E-state index contributed by atoms with van der Waals surface area (Å²) in [5.41, 5.74) is 4.74. The first-order valence-corrected chi connectivity index (χ1v) is 11.9. The van der Waals surface area contributed by atoms with Crippen LogP contribution in [0.5, 0.6) is 5.75 Å². The van der Waals surface area contributed by atoms with Gasteiger partial charge in [0.2, 0.25) is 0 Å². The van der Waals surface area contributed by atoms with E-state index in [0.717, 1.165) is 40.3 Å². The molecule has 0 saturated heterocycles. The van der Waals surface area contributed by atoms with Gasteiger partial charge in [0.15, 0.2) is 0 Å². The molecule has 182 valence electrons. The molecule has 0 N–H and O–H groups in total. The van der Waals surface area contributed by atoms with Crippen LogP contribution in [0, 0.1) is 18.3 Å². The summed E-state index contributed by atoms with van der Waals surface area (Å²) < 4.78 is 7.63. The van der Waals surface area contributed by atoms with Gasteiger partial charge in [-0.25, -0.2) is 4.68 Å². The Morgan fingerprint density at radius 3 is 2.50 bits per heavy atom. The molecule has 1 aliphatic heterocycles. The Kier molecular flexibility index (Phi) is 7.16. The Bertz CT molecular complexity index is 1420. The number of rotatable bonds is 7. The number of imide groups is 1. The van der Waals surface area contributed by atoms with Crippen molar-refractivity contribution >= 4 is 17.9 Å². The first-order valence-electron chi connectivity index (χ1n) is 11.9. The number of para-hydroxylation sites is 1. The van der Waals surface area contributed by atoms with Crippen molar-refractivity contribution in [2.45, 2.75) is 33.6 Å². The van der Waals surface area contributed by atoms with Crippen LogP contribution >= 0.6 is 0 Å². The molecule has 1 aromatic heterocycles. The molecule has 2 heterocycles. The first-order chi connectivity index (χ1) is 17.3. The summed E-state index contributed by atoms with van der Waals surface area (Å²) in [4.78, 5) is 26.4. The number of hydrogen-bond acceptors (Lipinski definition) is 5. The molecular formula is C29H28N4O3. The fourth-order valence-electron chi connectivity index (χ4n) is 4.09. The summed E-state index contributed by atoms with van der Waals surface area (Å²) in [7, 11) is 1.39. The average Bonchev–Trinajstić information content (AvgIpc) is 3.30. The first kappa shape index (κ1) is 24.7. The minimum absolute atomic E-state index is 0.0369. The Labute approximate surface area is 210 Å². The maximum absolute atomic E-state index is 13.0. The Morgan fingerprint density at radius 1 is 1.08 bits per heavy atom. The maximum atomic E-state index is 13.0. The van der Waals surface area contributed by atoms with E-state index in [-0.39, 0.29) is 5.57 Å². The number of carbonyl (C=O) groups is 2. The van der Waals surface area contributed by atoms with Crippen molar-refractivity contribution in [1.82, 2.24) is 14.7 Å². The third-order valence-corrected chi connectivity index (χ3v) is 6.23. The van der Waals surface area contributed by atoms with Crippen LogP contribution in [0.15, 0.2) is 71.4 Å². The van der Waals surface area contributed by atoms with E-state index in [1.54, 1.807) is 17.7 Å². The summed E-state index contributed by atoms with van der Waals surface area (Å²) in [5, 5.41) is 14.4. The van der Waals surface area contributed by atoms with Crippen molar-refractivity contribution in [3.63, 3.8) is 0 Å². The van der Waals surface area contributed by atoms with Crippen LogP contribution < -0.4 is 4.74 Å². The molecule has 0 unspecified atom stereocenters. The van der Waals surface area contributed by atoms with Crippen molar-refractivity contribution in [2.75, 3.05) is 13.7 Å². The molecule has 0 bridgehead atoms. The van der Waals surface area contributed by atoms with Crippen molar-refractivity contribution in [3.05, 3.63) is 82.6 Å². The molecule has 0 saturated carbocycles. The molecule has 0 atom stereocenters. The van der Waals surface area contributed by atoms with Gasteiger partial charge in [0.05, 0.1) is 12.3 Å². The van der Waals surface area contributed by atoms with Gasteiger partial charge in [0.25, 0.3) is 11.8 Å². The van der Waals surface area contributed by atoms with Crippen LogP contribution in [0.3, 0.4) is 0 Å². The molecule has 4 rings (SSSR count). The lowest BCUT2D eigenvalue weighted by Gasteiger charge is -2.23. The van der Waals surface area contributed by atoms with E-state index in [1.807, 2.05) is 67.7 Å². The quantitative estimate of drug-likeness (QED) is 0.262. The van der Waals surface area contributed by atoms with Crippen molar-refractivity contribution in [3.8, 4) is 28.8 Å². The number of unbranched alkanes of at least 4 members (excludes halogenated alkanes) is 1. The molecule has 0 aliphatic carbocycles. The van der Waals surface area contributed by atoms with Gasteiger partial charge < -0.3 is 4.74 Å². The second-order valence-electron chi connectivity index (χ2n) is 8.73. The number of likely N-dealkylation sites (N-methyl/N-ethyl adjacent to an activating group) is 1. The maximum Gasteiger partial charge on any atom is 0.271 e. The fraction of sp³-hybridized carbons (Fsp3) is 0.241.